The Morgan fingerprint density at radius 1 is 1.21 bits per heavy atom. The number of ether oxygens (including phenoxy) is 2. The van der Waals surface area contributed by atoms with E-state index in [0.717, 1.165) is 12.3 Å². The van der Waals surface area contributed by atoms with Gasteiger partial charge in [0.05, 0.1) is 6.61 Å². The van der Waals surface area contributed by atoms with Crippen molar-refractivity contribution in [2.24, 2.45) is 0 Å². The summed E-state index contributed by atoms with van der Waals surface area (Å²) < 4.78 is 16.6. The fourth-order valence-electron chi connectivity index (χ4n) is 1.96. The average molecular weight is 330 g/mol. The van der Waals surface area contributed by atoms with Gasteiger partial charge in [0.25, 0.3) is 0 Å². The Bertz CT molecular complexity index is 674. The predicted octanol–water partition coefficient (Wildman–Crippen LogP) is 2.50. The molecule has 0 aliphatic heterocycles. The number of benzene rings is 1. The van der Waals surface area contributed by atoms with Crippen molar-refractivity contribution >= 4 is 5.88 Å². The molecule has 7 heteroatoms. The van der Waals surface area contributed by atoms with Gasteiger partial charge in [0.1, 0.15) is 17.6 Å². The standard InChI is InChI=1S/C17H22N4O3/c1-4-22-13-5-7-14(8-6-13)23-12-16-20-15(11-18)17(24-16)19-9-10-21(2)3/h5-8,19H,4,9-10,12H2,1-3H3. The van der Waals surface area contributed by atoms with E-state index >= 15 is 0 Å². The van der Waals surface area contributed by atoms with Crippen molar-refractivity contribution in [1.82, 2.24) is 9.88 Å². The molecule has 0 amide bonds. The quantitative estimate of drug-likeness (QED) is 0.756. The zero-order valence-corrected chi connectivity index (χ0v) is 14.2. The lowest BCUT2D eigenvalue weighted by atomic mass is 10.3. The largest absolute Gasteiger partial charge is 0.494 e. The SMILES string of the molecule is CCOc1ccc(OCc2nc(C#N)c(NCCN(C)C)o2)cc1. The Kier molecular flexibility index (Phi) is 6.46. The molecule has 0 aliphatic carbocycles. The first-order chi connectivity index (χ1) is 11.6. The molecule has 0 unspecified atom stereocenters. The van der Waals surface area contributed by atoms with E-state index in [4.69, 9.17) is 19.2 Å². The molecule has 0 fully saturated rings. The number of anilines is 1. The third kappa shape index (κ3) is 5.18. The van der Waals surface area contributed by atoms with Gasteiger partial charge < -0.3 is 24.1 Å². The fourth-order valence-corrected chi connectivity index (χ4v) is 1.96. The third-order valence-corrected chi connectivity index (χ3v) is 3.12. The average Bonchev–Trinajstić information content (AvgIpc) is 2.96. The van der Waals surface area contributed by atoms with Gasteiger partial charge in [0, 0.05) is 13.1 Å². The van der Waals surface area contributed by atoms with Crippen LogP contribution in [0.4, 0.5) is 5.88 Å². The summed E-state index contributed by atoms with van der Waals surface area (Å²) in [6.07, 6.45) is 0. The molecular weight excluding hydrogens is 308 g/mol. The third-order valence-electron chi connectivity index (χ3n) is 3.12. The number of rotatable bonds is 9. The Morgan fingerprint density at radius 3 is 2.46 bits per heavy atom. The van der Waals surface area contributed by atoms with Crippen LogP contribution in [-0.2, 0) is 6.61 Å². The number of hydrogen-bond donors (Lipinski definition) is 1. The molecule has 1 aromatic carbocycles. The molecule has 1 N–H and O–H groups in total. The van der Waals surface area contributed by atoms with Gasteiger partial charge in [0.15, 0.2) is 6.61 Å². The lowest BCUT2D eigenvalue weighted by molar-refractivity contribution is 0.264. The zero-order chi connectivity index (χ0) is 17.4. The van der Waals surface area contributed by atoms with E-state index in [0.29, 0.717) is 30.7 Å². The molecule has 7 nitrogen and oxygen atoms in total. The van der Waals surface area contributed by atoms with Crippen molar-refractivity contribution < 1.29 is 13.9 Å². The van der Waals surface area contributed by atoms with E-state index < -0.39 is 0 Å². The summed E-state index contributed by atoms with van der Waals surface area (Å²) >= 11 is 0. The maximum atomic E-state index is 9.13. The molecular formula is C17H22N4O3. The van der Waals surface area contributed by atoms with E-state index in [9.17, 15) is 0 Å². The fraction of sp³-hybridized carbons (Fsp3) is 0.412. The van der Waals surface area contributed by atoms with Crippen molar-refractivity contribution in [2.45, 2.75) is 13.5 Å². The second-order valence-electron chi connectivity index (χ2n) is 5.32. The maximum absolute atomic E-state index is 9.13. The molecule has 0 spiro atoms. The lowest BCUT2D eigenvalue weighted by Gasteiger charge is -2.09. The highest BCUT2D eigenvalue weighted by molar-refractivity contribution is 5.45. The van der Waals surface area contributed by atoms with Gasteiger partial charge in [-0.3, -0.25) is 0 Å². The van der Waals surface area contributed by atoms with Crippen LogP contribution in [0.5, 0.6) is 11.5 Å². The van der Waals surface area contributed by atoms with Crippen LogP contribution in [0.1, 0.15) is 18.5 Å². The van der Waals surface area contributed by atoms with E-state index in [-0.39, 0.29) is 12.3 Å². The predicted molar refractivity (Wildman–Crippen MR) is 90.2 cm³/mol. The molecule has 0 saturated heterocycles. The van der Waals surface area contributed by atoms with Crippen molar-refractivity contribution in [3.63, 3.8) is 0 Å². The monoisotopic (exact) mass is 330 g/mol. The Balaban J connectivity index is 1.92. The van der Waals surface area contributed by atoms with Crippen LogP contribution in [0.3, 0.4) is 0 Å². The molecule has 0 bridgehead atoms. The van der Waals surface area contributed by atoms with Gasteiger partial charge in [-0.2, -0.15) is 10.2 Å². The molecule has 2 aromatic rings. The first kappa shape index (κ1) is 17.6. The van der Waals surface area contributed by atoms with Crippen LogP contribution in [0.25, 0.3) is 0 Å². The molecule has 0 saturated carbocycles. The highest BCUT2D eigenvalue weighted by Crippen LogP contribution is 2.20. The van der Waals surface area contributed by atoms with Crippen LogP contribution < -0.4 is 14.8 Å². The van der Waals surface area contributed by atoms with Crippen molar-refractivity contribution in [3.8, 4) is 17.6 Å². The van der Waals surface area contributed by atoms with Crippen molar-refractivity contribution in [1.29, 1.82) is 5.26 Å². The first-order valence-corrected chi connectivity index (χ1v) is 7.76. The van der Waals surface area contributed by atoms with Gasteiger partial charge in [-0.05, 0) is 45.3 Å². The highest BCUT2D eigenvalue weighted by atomic mass is 16.5. The van der Waals surface area contributed by atoms with E-state index in [1.807, 2.05) is 56.3 Å². The normalized spacial score (nSPS) is 10.5. The summed E-state index contributed by atoms with van der Waals surface area (Å²) in [5.74, 6) is 2.20. The molecule has 1 aromatic heterocycles. The summed E-state index contributed by atoms with van der Waals surface area (Å²) in [4.78, 5) is 6.17. The number of nitrogens with one attached hydrogen (secondary N) is 1. The van der Waals surface area contributed by atoms with Gasteiger partial charge >= 0.3 is 0 Å². The first-order valence-electron chi connectivity index (χ1n) is 7.76. The van der Waals surface area contributed by atoms with E-state index in [1.165, 1.54) is 0 Å². The highest BCUT2D eigenvalue weighted by Gasteiger charge is 2.13. The summed E-state index contributed by atoms with van der Waals surface area (Å²) in [5, 5.41) is 12.2. The van der Waals surface area contributed by atoms with E-state index in [2.05, 4.69) is 10.3 Å². The lowest BCUT2D eigenvalue weighted by Crippen LogP contribution is -2.20. The summed E-state index contributed by atoms with van der Waals surface area (Å²) in [6.45, 7) is 4.19. The molecule has 128 valence electrons. The topological polar surface area (TPSA) is 83.5 Å². The number of likely N-dealkylation sites (N-methyl/N-ethyl adjacent to an activating group) is 1. The number of oxazole rings is 1. The number of nitrogens with zero attached hydrogens (tertiary/aromatic N) is 3. The second kappa shape index (κ2) is 8.79. The van der Waals surface area contributed by atoms with Crippen LogP contribution in [0.15, 0.2) is 28.7 Å². The van der Waals surface area contributed by atoms with Crippen molar-refractivity contribution in [2.75, 3.05) is 39.1 Å². The molecule has 2 rings (SSSR count). The van der Waals surface area contributed by atoms with Crippen LogP contribution in [0.2, 0.25) is 0 Å². The smallest absolute Gasteiger partial charge is 0.236 e. The number of nitriles is 1. The molecule has 0 radical (unpaired) electrons. The minimum atomic E-state index is 0.151. The number of aromatic nitrogens is 1. The molecule has 24 heavy (non-hydrogen) atoms. The van der Waals surface area contributed by atoms with E-state index in [1.54, 1.807) is 0 Å². The Hall–Kier alpha value is -2.72. The minimum Gasteiger partial charge on any atom is -0.494 e. The van der Waals surface area contributed by atoms with Crippen molar-refractivity contribution in [3.05, 3.63) is 35.9 Å². The van der Waals surface area contributed by atoms with Gasteiger partial charge in [-0.15, -0.1) is 0 Å². The summed E-state index contributed by atoms with van der Waals surface area (Å²) in [7, 11) is 3.95. The Morgan fingerprint density at radius 2 is 1.88 bits per heavy atom. The molecule has 1 heterocycles. The van der Waals surface area contributed by atoms with Crippen LogP contribution >= 0.6 is 0 Å². The Labute approximate surface area is 141 Å². The van der Waals surface area contributed by atoms with Gasteiger partial charge in [-0.25, -0.2) is 0 Å². The minimum absolute atomic E-state index is 0.151. The maximum Gasteiger partial charge on any atom is 0.236 e. The molecule has 0 atom stereocenters. The second-order valence-corrected chi connectivity index (χ2v) is 5.32. The van der Waals surface area contributed by atoms with Crippen LogP contribution in [-0.4, -0.2) is 43.7 Å². The summed E-state index contributed by atoms with van der Waals surface area (Å²) in [6, 6.07) is 9.32. The number of hydrogen-bond acceptors (Lipinski definition) is 7. The van der Waals surface area contributed by atoms with Gasteiger partial charge in [-0.1, -0.05) is 0 Å². The van der Waals surface area contributed by atoms with Gasteiger partial charge in [0.2, 0.25) is 17.5 Å². The zero-order valence-electron chi connectivity index (χ0n) is 14.2. The molecule has 0 aliphatic rings. The van der Waals surface area contributed by atoms with Crippen LogP contribution in [0, 0.1) is 11.3 Å². The summed E-state index contributed by atoms with van der Waals surface area (Å²) in [5.41, 5.74) is 0.235.